The van der Waals surface area contributed by atoms with Crippen LogP contribution in [0.2, 0.25) is 0 Å². The SMILES string of the molecule is COc1ccccc1C1=C(Nc2ccc3c(c2)OCCO3)C(=O)N(CCCOC(C)C)C1=O. The molecule has 2 aromatic rings. The fourth-order valence-corrected chi connectivity index (χ4v) is 3.80. The zero-order valence-corrected chi connectivity index (χ0v) is 19.1. The van der Waals surface area contributed by atoms with Gasteiger partial charge in [0.2, 0.25) is 0 Å². The number of benzene rings is 2. The second-order valence-corrected chi connectivity index (χ2v) is 7.97. The summed E-state index contributed by atoms with van der Waals surface area (Å²) in [6.45, 7) is 5.56. The number of rotatable bonds is 9. The van der Waals surface area contributed by atoms with Crippen LogP contribution in [0.15, 0.2) is 48.2 Å². The maximum Gasteiger partial charge on any atom is 0.278 e. The number of hydrogen-bond acceptors (Lipinski definition) is 7. The second-order valence-electron chi connectivity index (χ2n) is 7.97. The van der Waals surface area contributed by atoms with Crippen molar-refractivity contribution in [2.24, 2.45) is 0 Å². The Bertz CT molecular complexity index is 1080. The Hall–Kier alpha value is -3.52. The molecular weight excluding hydrogens is 424 g/mol. The van der Waals surface area contributed by atoms with Crippen LogP contribution >= 0.6 is 0 Å². The largest absolute Gasteiger partial charge is 0.496 e. The van der Waals surface area contributed by atoms with E-state index in [-0.39, 0.29) is 35.7 Å². The number of carbonyl (C=O) groups excluding carboxylic acids is 2. The Morgan fingerprint density at radius 2 is 1.79 bits per heavy atom. The van der Waals surface area contributed by atoms with Crippen LogP contribution in [0.3, 0.4) is 0 Å². The van der Waals surface area contributed by atoms with E-state index < -0.39 is 0 Å². The van der Waals surface area contributed by atoms with Crippen molar-refractivity contribution in [1.82, 2.24) is 4.90 Å². The molecule has 33 heavy (non-hydrogen) atoms. The molecule has 0 aliphatic carbocycles. The van der Waals surface area contributed by atoms with Gasteiger partial charge >= 0.3 is 0 Å². The molecule has 2 amide bonds. The smallest absolute Gasteiger partial charge is 0.278 e. The lowest BCUT2D eigenvalue weighted by Crippen LogP contribution is -2.34. The van der Waals surface area contributed by atoms with E-state index in [1.165, 1.54) is 12.0 Å². The molecule has 0 spiro atoms. The van der Waals surface area contributed by atoms with Gasteiger partial charge in [0, 0.05) is 30.5 Å². The number of methoxy groups -OCH3 is 1. The van der Waals surface area contributed by atoms with Gasteiger partial charge in [0.1, 0.15) is 24.7 Å². The summed E-state index contributed by atoms with van der Waals surface area (Å²) in [5, 5.41) is 3.15. The monoisotopic (exact) mass is 452 g/mol. The minimum absolute atomic E-state index is 0.0877. The predicted octanol–water partition coefficient (Wildman–Crippen LogP) is 3.47. The first-order valence-electron chi connectivity index (χ1n) is 11.0. The quantitative estimate of drug-likeness (QED) is 0.461. The second kappa shape index (κ2) is 9.95. The van der Waals surface area contributed by atoms with Crippen molar-refractivity contribution >= 4 is 23.1 Å². The van der Waals surface area contributed by atoms with Crippen molar-refractivity contribution in [3.05, 3.63) is 53.7 Å². The summed E-state index contributed by atoms with van der Waals surface area (Å²) in [6, 6.07) is 12.5. The minimum Gasteiger partial charge on any atom is -0.496 e. The van der Waals surface area contributed by atoms with Crippen LogP contribution in [0.4, 0.5) is 5.69 Å². The highest BCUT2D eigenvalue weighted by molar-refractivity contribution is 6.37. The fourth-order valence-electron chi connectivity index (χ4n) is 3.80. The maximum absolute atomic E-state index is 13.4. The molecule has 2 aliphatic heterocycles. The molecule has 4 rings (SSSR count). The Kier molecular flexibility index (Phi) is 6.84. The molecule has 1 N–H and O–H groups in total. The molecule has 0 saturated heterocycles. The topological polar surface area (TPSA) is 86.3 Å². The molecule has 8 heteroatoms. The van der Waals surface area contributed by atoms with E-state index >= 15 is 0 Å². The molecule has 0 atom stereocenters. The minimum atomic E-state index is -0.389. The lowest BCUT2D eigenvalue weighted by atomic mass is 10.0. The van der Waals surface area contributed by atoms with E-state index in [0.717, 1.165) is 0 Å². The number of fused-ring (bicyclic) bond motifs is 1. The molecule has 2 aromatic carbocycles. The number of carbonyl (C=O) groups is 2. The van der Waals surface area contributed by atoms with Gasteiger partial charge < -0.3 is 24.3 Å². The number of anilines is 1. The Balaban J connectivity index is 1.66. The van der Waals surface area contributed by atoms with Crippen LogP contribution < -0.4 is 19.5 Å². The van der Waals surface area contributed by atoms with Gasteiger partial charge in [-0.3, -0.25) is 14.5 Å². The highest BCUT2D eigenvalue weighted by atomic mass is 16.6. The molecule has 8 nitrogen and oxygen atoms in total. The molecule has 174 valence electrons. The van der Waals surface area contributed by atoms with Gasteiger partial charge in [-0.1, -0.05) is 18.2 Å². The first-order valence-corrected chi connectivity index (χ1v) is 11.0. The van der Waals surface area contributed by atoms with Gasteiger partial charge in [0.05, 0.1) is 18.8 Å². The summed E-state index contributed by atoms with van der Waals surface area (Å²) in [7, 11) is 1.54. The Morgan fingerprint density at radius 1 is 1.03 bits per heavy atom. The summed E-state index contributed by atoms with van der Waals surface area (Å²) in [6.07, 6.45) is 0.635. The number of nitrogens with one attached hydrogen (secondary N) is 1. The standard InChI is InChI=1S/C25H28N2O6/c1-16(2)31-12-6-11-27-24(28)22(18-7-4-5-8-19(18)30-3)23(25(27)29)26-17-9-10-20-21(15-17)33-14-13-32-20/h4-5,7-10,15-16,26H,6,11-14H2,1-3H3. The Labute approximate surface area is 193 Å². The molecule has 2 heterocycles. The highest BCUT2D eigenvalue weighted by Crippen LogP contribution is 2.37. The first kappa shape index (κ1) is 22.7. The van der Waals surface area contributed by atoms with Crippen molar-refractivity contribution in [3.63, 3.8) is 0 Å². The van der Waals surface area contributed by atoms with Crippen LogP contribution in [-0.4, -0.2) is 56.3 Å². The lowest BCUT2D eigenvalue weighted by Gasteiger charge is -2.19. The molecule has 0 saturated carbocycles. The summed E-state index contributed by atoms with van der Waals surface area (Å²) >= 11 is 0. The molecule has 0 unspecified atom stereocenters. The number of amides is 2. The van der Waals surface area contributed by atoms with Crippen LogP contribution in [0.1, 0.15) is 25.8 Å². The Morgan fingerprint density at radius 3 is 2.55 bits per heavy atom. The predicted molar refractivity (Wildman–Crippen MR) is 123 cm³/mol. The van der Waals surface area contributed by atoms with Crippen LogP contribution in [0.25, 0.3) is 5.57 Å². The third kappa shape index (κ3) is 4.80. The number of nitrogens with zero attached hydrogens (tertiary/aromatic N) is 1. The average Bonchev–Trinajstić information content (AvgIpc) is 3.05. The van der Waals surface area contributed by atoms with Crippen LogP contribution in [-0.2, 0) is 14.3 Å². The van der Waals surface area contributed by atoms with Crippen molar-refractivity contribution in [2.75, 3.05) is 38.8 Å². The van der Waals surface area contributed by atoms with Crippen LogP contribution in [0.5, 0.6) is 17.2 Å². The van der Waals surface area contributed by atoms with Gasteiger partial charge in [0.25, 0.3) is 11.8 Å². The van der Waals surface area contributed by atoms with Crippen molar-refractivity contribution < 1.29 is 28.5 Å². The van der Waals surface area contributed by atoms with E-state index in [4.69, 9.17) is 18.9 Å². The highest BCUT2D eigenvalue weighted by Gasteiger charge is 2.40. The van der Waals surface area contributed by atoms with Crippen molar-refractivity contribution in [1.29, 1.82) is 0 Å². The third-order valence-corrected chi connectivity index (χ3v) is 5.33. The summed E-state index contributed by atoms with van der Waals surface area (Å²) < 4.78 is 22.3. The summed E-state index contributed by atoms with van der Waals surface area (Å²) in [4.78, 5) is 28.0. The molecule has 2 aliphatic rings. The number of imide groups is 1. The zero-order chi connectivity index (χ0) is 23.4. The normalized spacial score (nSPS) is 15.5. The first-order chi connectivity index (χ1) is 16.0. The molecule has 0 bridgehead atoms. The van der Waals surface area contributed by atoms with E-state index in [0.29, 0.717) is 54.7 Å². The number of para-hydroxylation sites is 1. The van der Waals surface area contributed by atoms with E-state index in [2.05, 4.69) is 5.32 Å². The molecule has 0 aromatic heterocycles. The van der Waals surface area contributed by atoms with Gasteiger partial charge in [-0.2, -0.15) is 0 Å². The fraction of sp³-hybridized carbons (Fsp3) is 0.360. The number of ether oxygens (including phenoxy) is 4. The van der Waals surface area contributed by atoms with E-state index in [9.17, 15) is 9.59 Å². The third-order valence-electron chi connectivity index (χ3n) is 5.33. The van der Waals surface area contributed by atoms with Crippen molar-refractivity contribution in [3.8, 4) is 17.2 Å². The summed E-state index contributed by atoms with van der Waals surface area (Å²) in [5.74, 6) is 0.992. The van der Waals surface area contributed by atoms with Crippen LogP contribution in [0, 0.1) is 0 Å². The molecule has 0 radical (unpaired) electrons. The summed E-state index contributed by atoms with van der Waals surface area (Å²) in [5.41, 5.74) is 1.65. The maximum atomic E-state index is 13.4. The zero-order valence-electron chi connectivity index (χ0n) is 19.1. The van der Waals surface area contributed by atoms with Gasteiger partial charge in [-0.05, 0) is 38.5 Å². The lowest BCUT2D eigenvalue weighted by molar-refractivity contribution is -0.137. The molecule has 0 fully saturated rings. The van der Waals surface area contributed by atoms with Gasteiger partial charge in [0.15, 0.2) is 11.5 Å². The average molecular weight is 453 g/mol. The number of hydrogen-bond donors (Lipinski definition) is 1. The van der Waals surface area contributed by atoms with Crippen molar-refractivity contribution in [2.45, 2.75) is 26.4 Å². The van der Waals surface area contributed by atoms with Gasteiger partial charge in [-0.15, -0.1) is 0 Å². The molecular formula is C25H28N2O6. The van der Waals surface area contributed by atoms with E-state index in [1.54, 1.807) is 30.3 Å². The van der Waals surface area contributed by atoms with Gasteiger partial charge in [-0.25, -0.2) is 0 Å². The van der Waals surface area contributed by atoms with E-state index in [1.807, 2.05) is 26.0 Å².